The van der Waals surface area contributed by atoms with E-state index in [9.17, 15) is 4.79 Å². The Labute approximate surface area is 116 Å². The van der Waals surface area contributed by atoms with Crippen molar-refractivity contribution in [1.29, 1.82) is 0 Å². The zero-order valence-electron chi connectivity index (χ0n) is 12.0. The number of aryl methyl sites for hydroxylation is 2. The third-order valence-electron chi connectivity index (χ3n) is 3.34. The first-order valence-corrected chi connectivity index (χ1v) is 7.25. The highest BCUT2D eigenvalue weighted by molar-refractivity contribution is 5.76. The van der Waals surface area contributed by atoms with Crippen LogP contribution in [0.1, 0.15) is 43.2 Å². The molecule has 0 heterocycles. The summed E-state index contributed by atoms with van der Waals surface area (Å²) in [5.74, 6) is 0.155. The summed E-state index contributed by atoms with van der Waals surface area (Å²) in [6, 6.07) is 8.23. The Morgan fingerprint density at radius 3 is 2.63 bits per heavy atom. The molecule has 0 unspecified atom stereocenters. The van der Waals surface area contributed by atoms with Gasteiger partial charge < -0.3 is 11.1 Å². The van der Waals surface area contributed by atoms with Crippen molar-refractivity contribution < 1.29 is 4.79 Å². The van der Waals surface area contributed by atoms with Gasteiger partial charge in [0.1, 0.15) is 0 Å². The van der Waals surface area contributed by atoms with E-state index >= 15 is 0 Å². The highest BCUT2D eigenvalue weighted by Crippen LogP contribution is 2.09. The number of benzene rings is 1. The maximum absolute atomic E-state index is 11.7. The lowest BCUT2D eigenvalue weighted by atomic mass is 10.0. The number of hydrogen-bond acceptors (Lipinski definition) is 2. The fourth-order valence-corrected chi connectivity index (χ4v) is 2.08. The predicted molar refractivity (Wildman–Crippen MR) is 80.0 cm³/mol. The summed E-state index contributed by atoms with van der Waals surface area (Å²) in [5.41, 5.74) is 7.95. The Kier molecular flexibility index (Phi) is 7.91. The third-order valence-corrected chi connectivity index (χ3v) is 3.34. The van der Waals surface area contributed by atoms with Crippen molar-refractivity contribution in [2.75, 3.05) is 13.1 Å². The average Bonchev–Trinajstić information content (AvgIpc) is 2.42. The maximum Gasteiger partial charge on any atom is 0.220 e. The van der Waals surface area contributed by atoms with Crippen LogP contribution in [0.3, 0.4) is 0 Å². The number of rotatable bonds is 9. The molecule has 0 atom stereocenters. The van der Waals surface area contributed by atoms with Crippen molar-refractivity contribution in [3.8, 4) is 0 Å². The molecule has 0 aliphatic rings. The lowest BCUT2D eigenvalue weighted by molar-refractivity contribution is -0.121. The summed E-state index contributed by atoms with van der Waals surface area (Å²) in [5, 5.41) is 2.98. The van der Waals surface area contributed by atoms with Gasteiger partial charge in [-0.2, -0.15) is 0 Å². The van der Waals surface area contributed by atoms with Crippen molar-refractivity contribution >= 4 is 5.91 Å². The molecule has 19 heavy (non-hydrogen) atoms. The highest BCUT2D eigenvalue weighted by atomic mass is 16.1. The number of unbranched alkanes of at least 4 members (excludes halogenated alkanes) is 3. The molecule has 0 spiro atoms. The van der Waals surface area contributed by atoms with Gasteiger partial charge in [0.15, 0.2) is 0 Å². The van der Waals surface area contributed by atoms with Crippen molar-refractivity contribution in [2.24, 2.45) is 5.73 Å². The van der Waals surface area contributed by atoms with Gasteiger partial charge in [0, 0.05) is 13.0 Å². The van der Waals surface area contributed by atoms with Crippen LogP contribution in [0.4, 0.5) is 0 Å². The smallest absolute Gasteiger partial charge is 0.220 e. The number of carbonyl (C=O) groups excluding carboxylic acids is 1. The van der Waals surface area contributed by atoms with Crippen molar-refractivity contribution in [3.63, 3.8) is 0 Å². The second-order valence-electron chi connectivity index (χ2n) is 4.98. The second kappa shape index (κ2) is 9.56. The van der Waals surface area contributed by atoms with Crippen LogP contribution in [0.15, 0.2) is 24.3 Å². The SMILES string of the molecule is Cc1ccccc1CCC(=O)NCCCCCCN. The van der Waals surface area contributed by atoms with Gasteiger partial charge in [0.2, 0.25) is 5.91 Å². The van der Waals surface area contributed by atoms with Gasteiger partial charge in [-0.25, -0.2) is 0 Å². The van der Waals surface area contributed by atoms with E-state index in [1.165, 1.54) is 11.1 Å². The van der Waals surface area contributed by atoms with E-state index in [4.69, 9.17) is 5.73 Å². The first kappa shape index (κ1) is 15.7. The molecule has 1 amide bonds. The minimum Gasteiger partial charge on any atom is -0.356 e. The van der Waals surface area contributed by atoms with Crippen LogP contribution < -0.4 is 11.1 Å². The van der Waals surface area contributed by atoms with Gasteiger partial charge in [-0.1, -0.05) is 37.1 Å². The summed E-state index contributed by atoms with van der Waals surface area (Å²) in [6.45, 7) is 3.64. The summed E-state index contributed by atoms with van der Waals surface area (Å²) in [4.78, 5) is 11.7. The average molecular weight is 262 g/mol. The summed E-state index contributed by atoms with van der Waals surface area (Å²) in [7, 11) is 0. The van der Waals surface area contributed by atoms with Gasteiger partial charge in [-0.3, -0.25) is 4.79 Å². The maximum atomic E-state index is 11.7. The van der Waals surface area contributed by atoms with E-state index < -0.39 is 0 Å². The summed E-state index contributed by atoms with van der Waals surface area (Å²) < 4.78 is 0. The normalized spacial score (nSPS) is 10.4. The highest BCUT2D eigenvalue weighted by Gasteiger charge is 2.03. The Hall–Kier alpha value is -1.35. The molecule has 3 heteroatoms. The van der Waals surface area contributed by atoms with Crippen LogP contribution in [-0.4, -0.2) is 19.0 Å². The van der Waals surface area contributed by atoms with Crippen molar-refractivity contribution in [2.45, 2.75) is 45.4 Å². The molecular weight excluding hydrogens is 236 g/mol. The first-order chi connectivity index (χ1) is 9.24. The molecule has 0 fully saturated rings. The monoisotopic (exact) mass is 262 g/mol. The number of carbonyl (C=O) groups is 1. The molecular formula is C16H26N2O. The van der Waals surface area contributed by atoms with E-state index in [0.29, 0.717) is 6.42 Å². The minimum absolute atomic E-state index is 0.155. The quantitative estimate of drug-likeness (QED) is 0.672. The number of nitrogens with two attached hydrogens (primary N) is 1. The molecule has 0 radical (unpaired) electrons. The zero-order chi connectivity index (χ0) is 13.9. The Morgan fingerprint density at radius 1 is 1.16 bits per heavy atom. The van der Waals surface area contributed by atoms with Crippen LogP contribution in [0.25, 0.3) is 0 Å². The summed E-state index contributed by atoms with van der Waals surface area (Å²) in [6.07, 6.45) is 5.85. The van der Waals surface area contributed by atoms with E-state index in [-0.39, 0.29) is 5.91 Å². The summed E-state index contributed by atoms with van der Waals surface area (Å²) >= 11 is 0. The standard InChI is InChI=1S/C16H26N2O/c1-14-8-4-5-9-15(14)10-11-16(19)18-13-7-3-2-6-12-17/h4-5,8-9H,2-3,6-7,10-13,17H2,1H3,(H,18,19). The molecule has 3 N–H and O–H groups in total. The molecule has 0 bridgehead atoms. The fourth-order valence-electron chi connectivity index (χ4n) is 2.08. The van der Waals surface area contributed by atoms with Gasteiger partial charge in [-0.15, -0.1) is 0 Å². The van der Waals surface area contributed by atoms with Crippen LogP contribution >= 0.6 is 0 Å². The van der Waals surface area contributed by atoms with Crippen molar-refractivity contribution in [1.82, 2.24) is 5.32 Å². The van der Waals surface area contributed by atoms with Gasteiger partial charge in [0.25, 0.3) is 0 Å². The molecule has 1 aromatic carbocycles. The fraction of sp³-hybridized carbons (Fsp3) is 0.562. The van der Waals surface area contributed by atoms with Crippen LogP contribution in [0.2, 0.25) is 0 Å². The molecule has 0 saturated heterocycles. The Bertz CT molecular complexity index is 377. The van der Waals surface area contributed by atoms with Crippen LogP contribution in [-0.2, 0) is 11.2 Å². The van der Waals surface area contributed by atoms with E-state index in [1.54, 1.807) is 0 Å². The predicted octanol–water partition coefficient (Wildman–Crippen LogP) is 2.56. The molecule has 1 rings (SSSR count). The van der Waals surface area contributed by atoms with Crippen molar-refractivity contribution in [3.05, 3.63) is 35.4 Å². The molecule has 3 nitrogen and oxygen atoms in total. The number of nitrogens with one attached hydrogen (secondary N) is 1. The lowest BCUT2D eigenvalue weighted by Gasteiger charge is -2.07. The topological polar surface area (TPSA) is 55.1 Å². The number of amides is 1. The Balaban J connectivity index is 2.10. The van der Waals surface area contributed by atoms with Crippen LogP contribution in [0, 0.1) is 6.92 Å². The molecule has 0 saturated carbocycles. The van der Waals surface area contributed by atoms with Gasteiger partial charge in [-0.05, 0) is 43.9 Å². The molecule has 1 aromatic rings. The second-order valence-corrected chi connectivity index (χ2v) is 4.98. The largest absolute Gasteiger partial charge is 0.356 e. The molecule has 0 aromatic heterocycles. The van der Waals surface area contributed by atoms with E-state index in [2.05, 4.69) is 24.4 Å². The van der Waals surface area contributed by atoms with Gasteiger partial charge in [0.05, 0.1) is 0 Å². The minimum atomic E-state index is 0.155. The molecule has 106 valence electrons. The molecule has 0 aliphatic carbocycles. The van der Waals surface area contributed by atoms with Crippen LogP contribution in [0.5, 0.6) is 0 Å². The Morgan fingerprint density at radius 2 is 1.89 bits per heavy atom. The van der Waals surface area contributed by atoms with Gasteiger partial charge >= 0.3 is 0 Å². The lowest BCUT2D eigenvalue weighted by Crippen LogP contribution is -2.24. The van der Waals surface area contributed by atoms with E-state index in [1.807, 2.05) is 12.1 Å². The zero-order valence-corrected chi connectivity index (χ0v) is 12.0. The van der Waals surface area contributed by atoms with E-state index in [0.717, 1.165) is 45.2 Å². The molecule has 0 aliphatic heterocycles. The first-order valence-electron chi connectivity index (χ1n) is 7.25. The number of hydrogen-bond donors (Lipinski definition) is 2. The third kappa shape index (κ3) is 6.97.